The SMILES string of the molecule is COc1cc2nccc(Oc3c(F)cc(NC(=O)c4ccncc4OC)cc3F)c2cc1O[C@@H](C)CO. The number of halogens is 2. The number of amides is 1. The van der Waals surface area contributed by atoms with Crippen LogP contribution in [0.3, 0.4) is 0 Å². The summed E-state index contributed by atoms with van der Waals surface area (Å²) < 4.78 is 51.7. The molecule has 0 fully saturated rings. The number of nitrogens with one attached hydrogen (secondary N) is 1. The van der Waals surface area contributed by atoms with Crippen LogP contribution in [0, 0.1) is 11.6 Å². The van der Waals surface area contributed by atoms with Crippen LogP contribution in [0.25, 0.3) is 10.9 Å². The molecule has 1 amide bonds. The van der Waals surface area contributed by atoms with Gasteiger partial charge in [0, 0.05) is 41.7 Å². The number of nitrogens with zero attached hydrogens (tertiary/aromatic N) is 2. The molecule has 11 heteroatoms. The third-order valence-corrected chi connectivity index (χ3v) is 5.29. The van der Waals surface area contributed by atoms with Crippen molar-refractivity contribution in [2.45, 2.75) is 13.0 Å². The molecule has 4 aromatic rings. The second-order valence-electron chi connectivity index (χ2n) is 7.84. The molecule has 0 spiro atoms. The van der Waals surface area contributed by atoms with Gasteiger partial charge in [0.05, 0.1) is 38.1 Å². The molecule has 0 bridgehead atoms. The number of hydrogen-bond acceptors (Lipinski definition) is 8. The van der Waals surface area contributed by atoms with E-state index in [0.717, 1.165) is 12.1 Å². The Hall–Kier alpha value is -4.51. The number of anilines is 1. The summed E-state index contributed by atoms with van der Waals surface area (Å²) >= 11 is 0. The zero-order valence-electron chi connectivity index (χ0n) is 20.1. The first-order chi connectivity index (χ1) is 17.8. The largest absolute Gasteiger partial charge is 0.494 e. The fourth-order valence-corrected chi connectivity index (χ4v) is 3.49. The summed E-state index contributed by atoms with van der Waals surface area (Å²) in [5.74, 6) is -2.43. The fourth-order valence-electron chi connectivity index (χ4n) is 3.49. The summed E-state index contributed by atoms with van der Waals surface area (Å²) in [6.07, 6.45) is 3.63. The van der Waals surface area contributed by atoms with Crippen molar-refractivity contribution in [3.63, 3.8) is 0 Å². The van der Waals surface area contributed by atoms with Gasteiger partial charge in [0.2, 0.25) is 0 Å². The molecule has 0 aliphatic rings. The maximum Gasteiger partial charge on any atom is 0.259 e. The highest BCUT2D eigenvalue weighted by Crippen LogP contribution is 2.39. The Labute approximate surface area is 210 Å². The van der Waals surface area contributed by atoms with Crippen LogP contribution in [-0.2, 0) is 0 Å². The fraction of sp³-hybridized carbons (Fsp3) is 0.192. The van der Waals surface area contributed by atoms with Crippen molar-refractivity contribution in [1.82, 2.24) is 9.97 Å². The number of aliphatic hydroxyl groups is 1. The van der Waals surface area contributed by atoms with Gasteiger partial charge in [-0.25, -0.2) is 8.78 Å². The van der Waals surface area contributed by atoms with Crippen LogP contribution in [-0.4, -0.2) is 47.9 Å². The molecule has 2 aromatic carbocycles. The second kappa shape index (κ2) is 11.0. The normalized spacial score (nSPS) is 11.6. The molecule has 0 aliphatic heterocycles. The van der Waals surface area contributed by atoms with E-state index in [1.165, 1.54) is 44.9 Å². The molecule has 1 atom stereocenters. The molecular weight excluding hydrogens is 488 g/mol. The first kappa shape index (κ1) is 25.6. The molecule has 4 rings (SSSR count). The summed E-state index contributed by atoms with van der Waals surface area (Å²) in [6, 6.07) is 7.87. The Kier molecular flexibility index (Phi) is 7.63. The Morgan fingerprint density at radius 1 is 1.00 bits per heavy atom. The van der Waals surface area contributed by atoms with E-state index in [4.69, 9.17) is 18.9 Å². The minimum Gasteiger partial charge on any atom is -0.494 e. The molecule has 0 unspecified atom stereocenters. The van der Waals surface area contributed by atoms with Gasteiger partial charge in [0.1, 0.15) is 17.6 Å². The maximum atomic E-state index is 15.0. The Morgan fingerprint density at radius 2 is 1.73 bits per heavy atom. The number of rotatable bonds is 9. The Bertz CT molecular complexity index is 1430. The molecule has 192 valence electrons. The van der Waals surface area contributed by atoms with Crippen LogP contribution >= 0.6 is 0 Å². The van der Waals surface area contributed by atoms with Crippen molar-refractivity contribution in [2.75, 3.05) is 26.1 Å². The lowest BCUT2D eigenvalue weighted by Gasteiger charge is -2.17. The highest BCUT2D eigenvalue weighted by molar-refractivity contribution is 6.06. The number of ether oxygens (including phenoxy) is 4. The van der Waals surface area contributed by atoms with Crippen LogP contribution < -0.4 is 24.3 Å². The van der Waals surface area contributed by atoms with Crippen molar-refractivity contribution in [3.8, 4) is 28.7 Å². The monoisotopic (exact) mass is 511 g/mol. The first-order valence-corrected chi connectivity index (χ1v) is 11.0. The topological polar surface area (TPSA) is 112 Å². The summed E-state index contributed by atoms with van der Waals surface area (Å²) in [6.45, 7) is 1.44. The summed E-state index contributed by atoms with van der Waals surface area (Å²) in [7, 11) is 2.83. The van der Waals surface area contributed by atoms with E-state index in [0.29, 0.717) is 22.4 Å². The van der Waals surface area contributed by atoms with Crippen molar-refractivity contribution in [3.05, 3.63) is 72.2 Å². The summed E-state index contributed by atoms with van der Waals surface area (Å²) in [4.78, 5) is 20.7. The lowest BCUT2D eigenvalue weighted by molar-refractivity contribution is 0.102. The number of aliphatic hydroxyl groups excluding tert-OH is 1. The number of benzene rings is 2. The van der Waals surface area contributed by atoms with Gasteiger partial charge in [-0.05, 0) is 25.1 Å². The van der Waals surface area contributed by atoms with Gasteiger partial charge in [0.25, 0.3) is 5.91 Å². The number of carbonyl (C=O) groups excluding carboxylic acids is 1. The zero-order valence-corrected chi connectivity index (χ0v) is 20.1. The number of carbonyl (C=O) groups is 1. The van der Waals surface area contributed by atoms with E-state index in [2.05, 4.69) is 15.3 Å². The van der Waals surface area contributed by atoms with Crippen molar-refractivity contribution >= 4 is 22.5 Å². The Morgan fingerprint density at radius 3 is 2.41 bits per heavy atom. The van der Waals surface area contributed by atoms with Gasteiger partial charge >= 0.3 is 0 Å². The lowest BCUT2D eigenvalue weighted by Crippen LogP contribution is -2.16. The third kappa shape index (κ3) is 5.51. The van der Waals surface area contributed by atoms with E-state index < -0.39 is 29.4 Å². The van der Waals surface area contributed by atoms with Crippen molar-refractivity contribution in [1.29, 1.82) is 0 Å². The smallest absolute Gasteiger partial charge is 0.259 e. The van der Waals surface area contributed by atoms with Crippen LogP contribution in [0.15, 0.2) is 55.0 Å². The first-order valence-electron chi connectivity index (χ1n) is 11.0. The number of aromatic nitrogens is 2. The molecule has 2 N–H and O–H groups in total. The highest BCUT2D eigenvalue weighted by atomic mass is 19.1. The van der Waals surface area contributed by atoms with Crippen LogP contribution in [0.2, 0.25) is 0 Å². The van der Waals surface area contributed by atoms with E-state index in [-0.39, 0.29) is 29.4 Å². The number of hydrogen-bond donors (Lipinski definition) is 2. The van der Waals surface area contributed by atoms with E-state index in [1.54, 1.807) is 19.1 Å². The molecule has 0 aliphatic carbocycles. The second-order valence-corrected chi connectivity index (χ2v) is 7.84. The van der Waals surface area contributed by atoms with Crippen molar-refractivity contribution in [2.24, 2.45) is 0 Å². The van der Waals surface area contributed by atoms with Gasteiger partial charge < -0.3 is 29.4 Å². The van der Waals surface area contributed by atoms with Gasteiger partial charge in [-0.15, -0.1) is 0 Å². The lowest BCUT2D eigenvalue weighted by atomic mass is 10.1. The molecule has 37 heavy (non-hydrogen) atoms. The standard InChI is InChI=1S/C26H23F2N3O6/c1-14(13-32)36-23-10-17-20(11-22(23)34-2)30-7-5-21(17)37-25-18(27)8-15(9-19(25)28)31-26(33)16-4-6-29-12-24(16)35-3/h4-12,14,32H,13H2,1-3H3,(H,31,33)/t14-/m0/s1. The van der Waals surface area contributed by atoms with Gasteiger partial charge in [0.15, 0.2) is 28.9 Å². The average Bonchev–Trinajstić information content (AvgIpc) is 2.90. The number of pyridine rings is 2. The number of methoxy groups -OCH3 is 2. The molecule has 2 heterocycles. The van der Waals surface area contributed by atoms with E-state index in [9.17, 15) is 18.7 Å². The molecule has 0 saturated heterocycles. The highest BCUT2D eigenvalue weighted by Gasteiger charge is 2.19. The van der Waals surface area contributed by atoms with Gasteiger partial charge in [-0.1, -0.05) is 0 Å². The van der Waals surface area contributed by atoms with Gasteiger partial charge in [-0.3, -0.25) is 14.8 Å². The summed E-state index contributed by atoms with van der Waals surface area (Å²) in [5.41, 5.74) is 0.449. The van der Waals surface area contributed by atoms with E-state index >= 15 is 0 Å². The average molecular weight is 511 g/mol. The molecular formula is C26H23F2N3O6. The Balaban J connectivity index is 1.65. The molecule has 2 aromatic heterocycles. The van der Waals surface area contributed by atoms with Crippen LogP contribution in [0.4, 0.5) is 14.5 Å². The van der Waals surface area contributed by atoms with Crippen LogP contribution in [0.5, 0.6) is 28.7 Å². The predicted molar refractivity (Wildman–Crippen MR) is 131 cm³/mol. The third-order valence-electron chi connectivity index (χ3n) is 5.29. The van der Waals surface area contributed by atoms with Crippen molar-refractivity contribution < 1.29 is 37.6 Å². The minimum absolute atomic E-state index is 0.102. The van der Waals surface area contributed by atoms with E-state index in [1.807, 2.05) is 0 Å². The predicted octanol–water partition coefficient (Wildman–Crippen LogP) is 4.73. The van der Waals surface area contributed by atoms with Crippen LogP contribution in [0.1, 0.15) is 17.3 Å². The molecule has 9 nitrogen and oxygen atoms in total. The summed E-state index contributed by atoms with van der Waals surface area (Å²) in [5, 5.41) is 12.2. The molecule has 0 saturated carbocycles. The van der Waals surface area contributed by atoms with Gasteiger partial charge in [-0.2, -0.15) is 0 Å². The maximum absolute atomic E-state index is 15.0. The quantitative estimate of drug-likeness (QED) is 0.332. The zero-order chi connectivity index (χ0) is 26.5. The number of fused-ring (bicyclic) bond motifs is 1. The minimum atomic E-state index is -1.04. The molecule has 0 radical (unpaired) electrons.